The number of aliphatic carboxylic acids is 1. The Labute approximate surface area is 154 Å². The van der Waals surface area contributed by atoms with Crippen molar-refractivity contribution in [2.24, 2.45) is 5.92 Å². The smallest absolute Gasteiger partial charge is 0.410 e. The predicted molar refractivity (Wildman–Crippen MR) is 96.6 cm³/mol. The summed E-state index contributed by atoms with van der Waals surface area (Å²) in [6, 6.07) is 0. The van der Waals surface area contributed by atoms with Gasteiger partial charge in [-0.25, -0.2) is 4.79 Å². The van der Waals surface area contributed by atoms with Gasteiger partial charge in [0.2, 0.25) is 5.91 Å². The van der Waals surface area contributed by atoms with Gasteiger partial charge in [0.05, 0.1) is 5.92 Å². The van der Waals surface area contributed by atoms with Crippen molar-refractivity contribution in [3.05, 3.63) is 23.8 Å². The molecule has 2 amide bonds. The van der Waals surface area contributed by atoms with Crippen LogP contribution < -0.4 is 0 Å². The first-order valence-electron chi connectivity index (χ1n) is 9.02. The molecule has 7 nitrogen and oxygen atoms in total. The summed E-state index contributed by atoms with van der Waals surface area (Å²) in [5.41, 5.74) is 0.472. The lowest BCUT2D eigenvalue weighted by atomic mass is 9.98. The van der Waals surface area contributed by atoms with Gasteiger partial charge in [-0.15, -0.1) is 0 Å². The monoisotopic (exact) mass is 364 g/mol. The molecule has 2 aliphatic rings. The molecular weight excluding hydrogens is 336 g/mol. The zero-order valence-corrected chi connectivity index (χ0v) is 15.7. The summed E-state index contributed by atoms with van der Waals surface area (Å²) in [6.07, 6.45) is 6.83. The maximum absolute atomic E-state index is 12.3. The highest BCUT2D eigenvalue weighted by Crippen LogP contribution is 2.18. The largest absolute Gasteiger partial charge is 0.481 e. The fourth-order valence-electron chi connectivity index (χ4n) is 2.99. The number of carbonyl (C=O) groups excluding carboxylic acids is 2. The van der Waals surface area contributed by atoms with E-state index in [2.05, 4.69) is 0 Å². The number of carboxylic acids is 1. The average Bonchev–Trinajstić information content (AvgIpc) is 2.58. The van der Waals surface area contributed by atoms with Crippen LogP contribution in [0.15, 0.2) is 23.8 Å². The van der Waals surface area contributed by atoms with Crippen LogP contribution in [0.3, 0.4) is 0 Å². The van der Waals surface area contributed by atoms with Crippen molar-refractivity contribution in [3.63, 3.8) is 0 Å². The van der Waals surface area contributed by atoms with Gasteiger partial charge < -0.3 is 19.6 Å². The summed E-state index contributed by atoms with van der Waals surface area (Å²) in [5, 5.41) is 9.10. The molecule has 26 heavy (non-hydrogen) atoms. The summed E-state index contributed by atoms with van der Waals surface area (Å²) >= 11 is 0. The first kappa shape index (κ1) is 20.0. The van der Waals surface area contributed by atoms with Crippen LogP contribution in [-0.2, 0) is 14.3 Å². The van der Waals surface area contributed by atoms with Crippen LogP contribution in [0.1, 0.15) is 40.0 Å². The Kier molecular flexibility index (Phi) is 6.45. The number of carboxylic acid groups (broad SMARTS) is 1. The number of hydrogen-bond acceptors (Lipinski definition) is 4. The fraction of sp³-hybridized carbons (Fsp3) is 0.632. The first-order valence-corrected chi connectivity index (χ1v) is 9.02. The van der Waals surface area contributed by atoms with Crippen LogP contribution in [0.5, 0.6) is 0 Å². The Hall–Kier alpha value is -2.31. The van der Waals surface area contributed by atoms with E-state index in [0.717, 1.165) is 5.57 Å². The third kappa shape index (κ3) is 5.89. The highest BCUT2D eigenvalue weighted by Gasteiger charge is 2.27. The summed E-state index contributed by atoms with van der Waals surface area (Å²) in [6.45, 7) is 7.36. The highest BCUT2D eigenvalue weighted by atomic mass is 16.6. The number of ether oxygens (including phenoxy) is 1. The number of rotatable bonds is 3. The van der Waals surface area contributed by atoms with E-state index in [0.29, 0.717) is 38.9 Å². The normalized spacial score (nSPS) is 21.5. The van der Waals surface area contributed by atoms with Crippen LogP contribution in [0.2, 0.25) is 0 Å². The van der Waals surface area contributed by atoms with Crippen molar-refractivity contribution in [2.75, 3.05) is 26.2 Å². The van der Waals surface area contributed by atoms with Gasteiger partial charge in [-0.2, -0.15) is 0 Å². The molecule has 2 rings (SSSR count). The Bertz CT molecular complexity index is 618. The van der Waals surface area contributed by atoms with Crippen molar-refractivity contribution < 1.29 is 24.2 Å². The molecule has 0 aliphatic carbocycles. The summed E-state index contributed by atoms with van der Waals surface area (Å²) < 4.78 is 5.35. The minimum atomic E-state index is -0.844. The zero-order valence-electron chi connectivity index (χ0n) is 15.7. The summed E-state index contributed by atoms with van der Waals surface area (Å²) in [5.74, 6) is -1.48. The van der Waals surface area contributed by atoms with Gasteiger partial charge >= 0.3 is 12.1 Å². The van der Waals surface area contributed by atoms with Gasteiger partial charge in [0, 0.05) is 32.3 Å². The molecule has 0 radical (unpaired) electrons. The van der Waals surface area contributed by atoms with E-state index >= 15 is 0 Å². The van der Waals surface area contributed by atoms with Crippen molar-refractivity contribution in [3.8, 4) is 0 Å². The maximum atomic E-state index is 12.3. The Morgan fingerprint density at radius 1 is 1.23 bits per heavy atom. The van der Waals surface area contributed by atoms with E-state index < -0.39 is 17.5 Å². The molecule has 7 heteroatoms. The van der Waals surface area contributed by atoms with Gasteiger partial charge in [0.15, 0.2) is 0 Å². The maximum Gasteiger partial charge on any atom is 0.410 e. The molecule has 0 saturated carbocycles. The van der Waals surface area contributed by atoms with Crippen molar-refractivity contribution in [1.29, 1.82) is 0 Å². The second kappa shape index (κ2) is 8.38. The Morgan fingerprint density at radius 2 is 1.96 bits per heavy atom. The van der Waals surface area contributed by atoms with Gasteiger partial charge in [0.25, 0.3) is 0 Å². The zero-order chi connectivity index (χ0) is 19.3. The number of nitrogens with zero attached hydrogens (tertiary/aromatic N) is 2. The topological polar surface area (TPSA) is 87.2 Å². The molecule has 0 bridgehead atoms. The van der Waals surface area contributed by atoms with Crippen LogP contribution in [0.25, 0.3) is 0 Å². The molecule has 1 atom stereocenters. The minimum Gasteiger partial charge on any atom is -0.481 e. The molecule has 2 aliphatic heterocycles. The minimum absolute atomic E-state index is 0.161. The third-order valence-corrected chi connectivity index (χ3v) is 4.42. The Morgan fingerprint density at radius 3 is 2.54 bits per heavy atom. The predicted octanol–water partition coefficient (Wildman–Crippen LogP) is 2.43. The number of piperidine rings is 1. The van der Waals surface area contributed by atoms with Crippen LogP contribution >= 0.6 is 0 Å². The molecule has 1 N–H and O–H groups in total. The Balaban J connectivity index is 1.86. The SMILES string of the molecule is CC(C)(C)OC(=O)N1CC=C(/C=C/C(=O)N2CCC[C@@H](C(=O)O)C2)CC1. The quantitative estimate of drug-likeness (QED) is 0.777. The van der Waals surface area contributed by atoms with Crippen LogP contribution in [-0.4, -0.2) is 64.7 Å². The fourth-order valence-corrected chi connectivity index (χ4v) is 2.99. The van der Waals surface area contributed by atoms with Gasteiger partial charge in [-0.05, 0) is 45.6 Å². The second-order valence-electron chi connectivity index (χ2n) is 7.75. The molecule has 1 saturated heterocycles. The standard InChI is InChI=1S/C19H28N2O5/c1-19(2,3)26-18(25)20-11-8-14(9-12-20)6-7-16(22)21-10-4-5-15(13-21)17(23)24/h6-8,15H,4-5,9-13H2,1-3H3,(H,23,24)/b7-6+/t15-/m1/s1. The first-order chi connectivity index (χ1) is 12.2. The van der Waals surface area contributed by atoms with Gasteiger partial charge in [0.1, 0.15) is 5.60 Å². The molecule has 0 aromatic carbocycles. The lowest BCUT2D eigenvalue weighted by molar-refractivity contribution is -0.144. The van der Waals surface area contributed by atoms with Crippen molar-refractivity contribution >= 4 is 18.0 Å². The summed E-state index contributed by atoms with van der Waals surface area (Å²) in [7, 11) is 0. The number of hydrogen-bond donors (Lipinski definition) is 1. The summed E-state index contributed by atoms with van der Waals surface area (Å²) in [4.78, 5) is 38.6. The molecule has 1 fully saturated rings. The third-order valence-electron chi connectivity index (χ3n) is 4.42. The lowest BCUT2D eigenvalue weighted by Crippen LogP contribution is -2.41. The van der Waals surface area contributed by atoms with Gasteiger partial charge in [-0.1, -0.05) is 12.2 Å². The van der Waals surface area contributed by atoms with Crippen molar-refractivity contribution in [2.45, 2.75) is 45.6 Å². The lowest BCUT2D eigenvalue weighted by Gasteiger charge is -2.30. The van der Waals surface area contributed by atoms with E-state index in [1.165, 1.54) is 6.08 Å². The van der Waals surface area contributed by atoms with E-state index in [4.69, 9.17) is 9.84 Å². The molecular formula is C19H28N2O5. The molecule has 0 spiro atoms. The number of allylic oxidation sites excluding steroid dienone is 1. The van der Waals surface area contributed by atoms with Crippen LogP contribution in [0, 0.1) is 5.92 Å². The van der Waals surface area contributed by atoms with Crippen LogP contribution in [0.4, 0.5) is 4.79 Å². The molecule has 0 aromatic heterocycles. The average molecular weight is 364 g/mol. The molecule has 0 unspecified atom stereocenters. The van der Waals surface area contributed by atoms with Gasteiger partial charge in [-0.3, -0.25) is 9.59 Å². The number of likely N-dealkylation sites (tertiary alicyclic amines) is 1. The van der Waals surface area contributed by atoms with E-state index in [1.807, 2.05) is 26.8 Å². The van der Waals surface area contributed by atoms with E-state index in [9.17, 15) is 14.4 Å². The second-order valence-corrected chi connectivity index (χ2v) is 7.75. The number of amides is 2. The molecule has 2 heterocycles. The highest BCUT2D eigenvalue weighted by molar-refractivity contribution is 5.88. The van der Waals surface area contributed by atoms with E-state index in [1.54, 1.807) is 15.9 Å². The number of carbonyl (C=O) groups is 3. The van der Waals surface area contributed by atoms with E-state index in [-0.39, 0.29) is 18.5 Å². The molecule has 0 aromatic rings. The molecule has 144 valence electrons. The van der Waals surface area contributed by atoms with Crippen molar-refractivity contribution in [1.82, 2.24) is 9.80 Å².